The highest BCUT2D eigenvalue weighted by atomic mass is 35.5. The first-order chi connectivity index (χ1) is 10.7. The number of carbonyl (C=O) groups excluding carboxylic acids is 1. The highest BCUT2D eigenvalue weighted by Gasteiger charge is 2.30. The first-order valence-electron chi connectivity index (χ1n) is 8.46. The van der Waals surface area contributed by atoms with Crippen LogP contribution < -0.4 is 5.32 Å². The van der Waals surface area contributed by atoms with Gasteiger partial charge in [-0.05, 0) is 68.8 Å². The summed E-state index contributed by atoms with van der Waals surface area (Å²) in [6, 6.07) is 7.98. The summed E-state index contributed by atoms with van der Waals surface area (Å²) < 4.78 is 0. The second kappa shape index (κ2) is 7.47. The van der Waals surface area contributed by atoms with E-state index in [9.17, 15) is 4.79 Å². The lowest BCUT2D eigenvalue weighted by atomic mass is 9.96. The molecule has 0 bridgehead atoms. The van der Waals surface area contributed by atoms with Crippen molar-refractivity contribution in [1.29, 1.82) is 0 Å². The second-order valence-corrected chi connectivity index (χ2v) is 7.06. The third-order valence-electron chi connectivity index (χ3n) is 4.76. The van der Waals surface area contributed by atoms with Crippen LogP contribution in [0.2, 0.25) is 5.02 Å². The Morgan fingerprint density at radius 3 is 2.45 bits per heavy atom. The molecule has 1 N–H and O–H groups in total. The molecule has 1 saturated heterocycles. The van der Waals surface area contributed by atoms with Crippen LogP contribution in [0.3, 0.4) is 0 Å². The Labute approximate surface area is 138 Å². The van der Waals surface area contributed by atoms with Gasteiger partial charge < -0.3 is 10.2 Å². The monoisotopic (exact) mass is 320 g/mol. The van der Waals surface area contributed by atoms with Gasteiger partial charge in [0.2, 0.25) is 5.91 Å². The zero-order chi connectivity index (χ0) is 15.4. The lowest BCUT2D eigenvalue weighted by Crippen LogP contribution is -2.42. The molecule has 3 rings (SSSR count). The molecule has 1 aliphatic carbocycles. The summed E-state index contributed by atoms with van der Waals surface area (Å²) in [5, 5.41) is 4.11. The van der Waals surface area contributed by atoms with E-state index in [-0.39, 0.29) is 5.92 Å². The maximum atomic E-state index is 12.8. The molecule has 0 radical (unpaired) electrons. The van der Waals surface area contributed by atoms with Crippen LogP contribution in [-0.4, -0.2) is 37.0 Å². The molecule has 1 aliphatic heterocycles. The van der Waals surface area contributed by atoms with E-state index in [1.807, 2.05) is 12.1 Å². The number of nitrogens with one attached hydrogen (secondary N) is 1. The second-order valence-electron chi connectivity index (χ2n) is 6.63. The molecule has 0 unspecified atom stereocenters. The van der Waals surface area contributed by atoms with Crippen LogP contribution in [0.4, 0.5) is 0 Å². The molecule has 22 heavy (non-hydrogen) atoms. The average Bonchev–Trinajstić information content (AvgIpc) is 3.37. The SMILES string of the molecule is O=C(C1CCNCC1)N(CCc1ccc(Cl)cc1)CC1CC1. The summed E-state index contributed by atoms with van der Waals surface area (Å²) in [6.07, 6.45) is 5.47. The number of halogens is 1. The summed E-state index contributed by atoms with van der Waals surface area (Å²) in [7, 11) is 0. The minimum Gasteiger partial charge on any atom is -0.342 e. The van der Waals surface area contributed by atoms with E-state index in [0.717, 1.165) is 56.4 Å². The van der Waals surface area contributed by atoms with Gasteiger partial charge in [-0.2, -0.15) is 0 Å². The van der Waals surface area contributed by atoms with Crippen molar-refractivity contribution in [3.05, 3.63) is 34.9 Å². The van der Waals surface area contributed by atoms with Gasteiger partial charge in [-0.15, -0.1) is 0 Å². The van der Waals surface area contributed by atoms with Crippen LogP contribution in [-0.2, 0) is 11.2 Å². The molecule has 3 nitrogen and oxygen atoms in total. The van der Waals surface area contributed by atoms with Crippen LogP contribution in [0.1, 0.15) is 31.2 Å². The molecule has 2 fully saturated rings. The molecule has 1 saturated carbocycles. The van der Waals surface area contributed by atoms with Gasteiger partial charge >= 0.3 is 0 Å². The first kappa shape index (κ1) is 15.8. The minimum atomic E-state index is 0.227. The van der Waals surface area contributed by atoms with Crippen molar-refractivity contribution in [2.75, 3.05) is 26.2 Å². The van der Waals surface area contributed by atoms with Crippen LogP contribution in [0.5, 0.6) is 0 Å². The molecular formula is C18H25ClN2O. The summed E-state index contributed by atoms with van der Waals surface area (Å²) in [6.45, 7) is 3.74. The molecule has 0 aromatic heterocycles. The Morgan fingerprint density at radius 2 is 1.82 bits per heavy atom. The van der Waals surface area contributed by atoms with Crippen molar-refractivity contribution < 1.29 is 4.79 Å². The standard InChI is InChI=1S/C18H25ClN2O/c19-17-5-3-14(4-6-17)9-12-21(13-15-1-2-15)18(22)16-7-10-20-11-8-16/h3-6,15-16,20H,1-2,7-13H2. The summed E-state index contributed by atoms with van der Waals surface area (Å²) in [5.74, 6) is 1.35. The van der Waals surface area contributed by atoms with E-state index in [0.29, 0.717) is 5.91 Å². The van der Waals surface area contributed by atoms with E-state index < -0.39 is 0 Å². The van der Waals surface area contributed by atoms with Crippen molar-refractivity contribution in [1.82, 2.24) is 10.2 Å². The maximum absolute atomic E-state index is 12.8. The lowest BCUT2D eigenvalue weighted by Gasteiger charge is -2.30. The van der Waals surface area contributed by atoms with Gasteiger partial charge in [0.15, 0.2) is 0 Å². The molecule has 2 aliphatic rings. The number of carbonyl (C=O) groups is 1. The third kappa shape index (κ3) is 4.47. The van der Waals surface area contributed by atoms with Crippen molar-refractivity contribution in [2.45, 2.75) is 32.1 Å². The molecule has 1 aromatic rings. The number of hydrogen-bond acceptors (Lipinski definition) is 2. The molecule has 1 aromatic carbocycles. The Kier molecular flexibility index (Phi) is 5.37. The van der Waals surface area contributed by atoms with Crippen LogP contribution in [0, 0.1) is 11.8 Å². The zero-order valence-electron chi connectivity index (χ0n) is 13.1. The lowest BCUT2D eigenvalue weighted by molar-refractivity contribution is -0.136. The number of benzene rings is 1. The fourth-order valence-corrected chi connectivity index (χ4v) is 3.27. The molecule has 1 amide bonds. The first-order valence-corrected chi connectivity index (χ1v) is 8.84. The quantitative estimate of drug-likeness (QED) is 0.873. The van der Waals surface area contributed by atoms with E-state index in [1.165, 1.54) is 18.4 Å². The summed E-state index contributed by atoms with van der Waals surface area (Å²) >= 11 is 5.93. The van der Waals surface area contributed by atoms with Gasteiger partial charge in [-0.1, -0.05) is 23.7 Å². The third-order valence-corrected chi connectivity index (χ3v) is 5.01. The molecular weight excluding hydrogens is 296 g/mol. The molecule has 0 spiro atoms. The van der Waals surface area contributed by atoms with Crippen LogP contribution in [0.25, 0.3) is 0 Å². The highest BCUT2D eigenvalue weighted by molar-refractivity contribution is 6.30. The molecule has 120 valence electrons. The minimum absolute atomic E-state index is 0.227. The fraction of sp³-hybridized carbons (Fsp3) is 0.611. The Hall–Kier alpha value is -1.06. The van der Waals surface area contributed by atoms with Crippen LogP contribution >= 0.6 is 11.6 Å². The molecule has 1 heterocycles. The van der Waals surface area contributed by atoms with E-state index in [2.05, 4.69) is 22.3 Å². The van der Waals surface area contributed by atoms with E-state index in [1.54, 1.807) is 0 Å². The van der Waals surface area contributed by atoms with Gasteiger partial charge in [-0.3, -0.25) is 4.79 Å². The summed E-state index contributed by atoms with van der Waals surface area (Å²) in [5.41, 5.74) is 1.25. The number of hydrogen-bond donors (Lipinski definition) is 1. The van der Waals surface area contributed by atoms with E-state index in [4.69, 9.17) is 11.6 Å². The van der Waals surface area contributed by atoms with Crippen molar-refractivity contribution in [2.24, 2.45) is 11.8 Å². The van der Waals surface area contributed by atoms with Crippen LogP contribution in [0.15, 0.2) is 24.3 Å². The van der Waals surface area contributed by atoms with Gasteiger partial charge in [0.1, 0.15) is 0 Å². The smallest absolute Gasteiger partial charge is 0.225 e. The van der Waals surface area contributed by atoms with Crippen molar-refractivity contribution >= 4 is 17.5 Å². The molecule has 4 heteroatoms. The van der Waals surface area contributed by atoms with Crippen molar-refractivity contribution in [3.8, 4) is 0 Å². The van der Waals surface area contributed by atoms with Gasteiger partial charge in [0.25, 0.3) is 0 Å². The van der Waals surface area contributed by atoms with Gasteiger partial charge in [0.05, 0.1) is 0 Å². The summed E-state index contributed by atoms with van der Waals surface area (Å²) in [4.78, 5) is 14.9. The van der Waals surface area contributed by atoms with Gasteiger partial charge in [-0.25, -0.2) is 0 Å². The van der Waals surface area contributed by atoms with Crippen molar-refractivity contribution in [3.63, 3.8) is 0 Å². The zero-order valence-corrected chi connectivity index (χ0v) is 13.8. The maximum Gasteiger partial charge on any atom is 0.225 e. The fourth-order valence-electron chi connectivity index (χ4n) is 3.15. The normalized spacial score (nSPS) is 19.1. The topological polar surface area (TPSA) is 32.3 Å². The Morgan fingerprint density at radius 1 is 1.14 bits per heavy atom. The molecule has 0 atom stereocenters. The highest BCUT2D eigenvalue weighted by Crippen LogP contribution is 2.30. The number of amides is 1. The van der Waals surface area contributed by atoms with Gasteiger partial charge in [0, 0.05) is 24.0 Å². The number of piperidine rings is 1. The predicted octanol–water partition coefficient (Wildman–Crippen LogP) is 3.12. The average molecular weight is 321 g/mol. The van der Waals surface area contributed by atoms with E-state index >= 15 is 0 Å². The predicted molar refractivity (Wildman–Crippen MR) is 90.1 cm³/mol. The number of nitrogens with zero attached hydrogens (tertiary/aromatic N) is 1. The largest absolute Gasteiger partial charge is 0.342 e. The Balaban J connectivity index is 1.58. The Bertz CT molecular complexity index is 492. The number of rotatable bonds is 6.